The van der Waals surface area contributed by atoms with Gasteiger partial charge in [0.1, 0.15) is 11.6 Å². The van der Waals surface area contributed by atoms with Crippen LogP contribution in [0.3, 0.4) is 0 Å². The monoisotopic (exact) mass is 345 g/mol. The van der Waals surface area contributed by atoms with Crippen LogP contribution in [-0.4, -0.2) is 26.9 Å². The van der Waals surface area contributed by atoms with Gasteiger partial charge in [0.15, 0.2) is 6.10 Å². The predicted octanol–water partition coefficient (Wildman–Crippen LogP) is 3.31. The minimum atomic E-state index is -0.571. The Morgan fingerprint density at radius 3 is 2.92 bits per heavy atom. The molecule has 0 aliphatic carbocycles. The van der Waals surface area contributed by atoms with Crippen molar-refractivity contribution < 1.29 is 9.53 Å². The van der Waals surface area contributed by atoms with Crippen molar-refractivity contribution in [2.75, 3.05) is 0 Å². The Bertz CT molecular complexity index is 779. The van der Waals surface area contributed by atoms with Crippen molar-refractivity contribution in [3.05, 3.63) is 52.1 Å². The first-order valence-corrected chi connectivity index (χ1v) is 8.41. The summed E-state index contributed by atoms with van der Waals surface area (Å²) in [6.07, 6.45) is 2.04. The number of hydrogen-bond acceptors (Lipinski definition) is 4. The highest BCUT2D eigenvalue weighted by Crippen LogP contribution is 2.25. The molecule has 0 radical (unpaired) electrons. The lowest BCUT2D eigenvalue weighted by molar-refractivity contribution is -0.138. The van der Waals surface area contributed by atoms with Crippen LogP contribution in [0.25, 0.3) is 0 Å². The third-order valence-corrected chi connectivity index (χ3v) is 4.36. The first-order chi connectivity index (χ1) is 11.5. The SMILES string of the molecule is CCc1ncc2c(n1)CN(C(=O)[C@H](C)Oc1ccc(Cl)cc1C)C2. The largest absolute Gasteiger partial charge is 0.481 e. The normalized spacial score (nSPS) is 14.4. The Morgan fingerprint density at radius 2 is 2.21 bits per heavy atom. The summed E-state index contributed by atoms with van der Waals surface area (Å²) in [6, 6.07) is 5.37. The molecule has 0 saturated carbocycles. The van der Waals surface area contributed by atoms with Gasteiger partial charge in [-0.1, -0.05) is 18.5 Å². The van der Waals surface area contributed by atoms with E-state index in [2.05, 4.69) is 9.97 Å². The zero-order valence-electron chi connectivity index (χ0n) is 14.0. The number of ether oxygens (including phenoxy) is 1. The minimum absolute atomic E-state index is 0.0552. The lowest BCUT2D eigenvalue weighted by Crippen LogP contribution is -2.37. The van der Waals surface area contributed by atoms with Crippen molar-refractivity contribution in [3.63, 3.8) is 0 Å². The summed E-state index contributed by atoms with van der Waals surface area (Å²) in [4.78, 5) is 23.2. The number of amides is 1. The Labute approximate surface area is 146 Å². The summed E-state index contributed by atoms with van der Waals surface area (Å²) in [5.41, 5.74) is 2.85. The average Bonchev–Trinajstić information content (AvgIpc) is 2.99. The van der Waals surface area contributed by atoms with E-state index in [9.17, 15) is 4.79 Å². The molecule has 2 aromatic rings. The Balaban J connectivity index is 1.68. The van der Waals surface area contributed by atoms with E-state index in [4.69, 9.17) is 16.3 Å². The topological polar surface area (TPSA) is 55.3 Å². The van der Waals surface area contributed by atoms with Crippen LogP contribution in [0.2, 0.25) is 5.02 Å². The molecular weight excluding hydrogens is 326 g/mol. The Morgan fingerprint density at radius 1 is 1.42 bits per heavy atom. The number of rotatable bonds is 4. The first-order valence-electron chi connectivity index (χ1n) is 8.03. The van der Waals surface area contributed by atoms with Crippen molar-refractivity contribution in [2.45, 2.75) is 46.4 Å². The molecule has 2 heterocycles. The van der Waals surface area contributed by atoms with Gasteiger partial charge in [0.05, 0.1) is 12.2 Å². The molecule has 1 aliphatic rings. The second-order valence-electron chi connectivity index (χ2n) is 5.98. The first kappa shape index (κ1) is 16.7. The van der Waals surface area contributed by atoms with Crippen LogP contribution < -0.4 is 4.74 Å². The molecule has 1 aromatic carbocycles. The van der Waals surface area contributed by atoms with Crippen LogP contribution in [-0.2, 0) is 24.3 Å². The molecule has 0 spiro atoms. The van der Waals surface area contributed by atoms with Gasteiger partial charge in [-0.05, 0) is 37.6 Å². The molecule has 5 nitrogen and oxygen atoms in total. The summed E-state index contributed by atoms with van der Waals surface area (Å²) in [5.74, 6) is 1.43. The van der Waals surface area contributed by atoms with Crippen LogP contribution in [0.1, 0.15) is 36.5 Å². The van der Waals surface area contributed by atoms with E-state index in [-0.39, 0.29) is 5.91 Å². The fourth-order valence-corrected chi connectivity index (χ4v) is 2.99. The third kappa shape index (κ3) is 3.36. The fourth-order valence-electron chi connectivity index (χ4n) is 2.76. The number of benzene rings is 1. The number of aromatic nitrogens is 2. The van der Waals surface area contributed by atoms with Crippen molar-refractivity contribution in [1.82, 2.24) is 14.9 Å². The smallest absolute Gasteiger partial charge is 0.264 e. The van der Waals surface area contributed by atoms with Crippen LogP contribution in [0.15, 0.2) is 24.4 Å². The highest BCUT2D eigenvalue weighted by Gasteiger charge is 2.29. The molecule has 1 aromatic heterocycles. The van der Waals surface area contributed by atoms with Crippen molar-refractivity contribution >= 4 is 17.5 Å². The lowest BCUT2D eigenvalue weighted by Gasteiger charge is -2.21. The molecule has 1 aliphatic heterocycles. The number of carbonyl (C=O) groups is 1. The molecule has 0 N–H and O–H groups in total. The molecule has 0 unspecified atom stereocenters. The number of carbonyl (C=O) groups excluding carboxylic acids is 1. The molecule has 24 heavy (non-hydrogen) atoms. The second kappa shape index (κ2) is 6.77. The van der Waals surface area contributed by atoms with Gasteiger partial charge in [-0.25, -0.2) is 9.97 Å². The Hall–Kier alpha value is -2.14. The molecule has 0 bridgehead atoms. The van der Waals surface area contributed by atoms with Gasteiger partial charge in [0.2, 0.25) is 0 Å². The fraction of sp³-hybridized carbons (Fsp3) is 0.389. The predicted molar refractivity (Wildman–Crippen MR) is 91.9 cm³/mol. The second-order valence-corrected chi connectivity index (χ2v) is 6.41. The van der Waals surface area contributed by atoms with E-state index in [1.165, 1.54) is 0 Å². The Kier molecular flexibility index (Phi) is 4.71. The third-order valence-electron chi connectivity index (χ3n) is 4.12. The summed E-state index contributed by atoms with van der Waals surface area (Å²) in [7, 11) is 0. The molecule has 126 valence electrons. The molecule has 1 amide bonds. The van der Waals surface area contributed by atoms with Gasteiger partial charge in [-0.15, -0.1) is 0 Å². The number of nitrogens with zero attached hydrogens (tertiary/aromatic N) is 3. The van der Waals surface area contributed by atoms with Crippen LogP contribution in [0.5, 0.6) is 5.75 Å². The molecule has 0 saturated heterocycles. The molecule has 1 atom stereocenters. The van der Waals surface area contributed by atoms with E-state index in [0.29, 0.717) is 23.9 Å². The van der Waals surface area contributed by atoms with E-state index in [1.807, 2.05) is 26.1 Å². The lowest BCUT2D eigenvalue weighted by atomic mass is 10.2. The minimum Gasteiger partial charge on any atom is -0.481 e. The number of fused-ring (bicyclic) bond motifs is 1. The van der Waals surface area contributed by atoms with Gasteiger partial charge >= 0.3 is 0 Å². The molecule has 6 heteroatoms. The van der Waals surface area contributed by atoms with Crippen molar-refractivity contribution in [3.8, 4) is 5.75 Å². The van der Waals surface area contributed by atoms with E-state index >= 15 is 0 Å². The zero-order chi connectivity index (χ0) is 17.3. The van der Waals surface area contributed by atoms with Gasteiger partial charge < -0.3 is 9.64 Å². The average molecular weight is 346 g/mol. The van der Waals surface area contributed by atoms with E-state index in [1.54, 1.807) is 24.0 Å². The maximum atomic E-state index is 12.7. The number of halogens is 1. The maximum absolute atomic E-state index is 12.7. The van der Waals surface area contributed by atoms with E-state index in [0.717, 1.165) is 29.1 Å². The summed E-state index contributed by atoms with van der Waals surface area (Å²) in [5, 5.41) is 0.652. The summed E-state index contributed by atoms with van der Waals surface area (Å²) < 4.78 is 5.83. The molecule has 3 rings (SSSR count). The van der Waals surface area contributed by atoms with Gasteiger partial charge in [-0.2, -0.15) is 0 Å². The summed E-state index contributed by atoms with van der Waals surface area (Å²) in [6.45, 7) is 6.74. The van der Waals surface area contributed by atoms with Crippen LogP contribution in [0, 0.1) is 6.92 Å². The number of hydrogen-bond donors (Lipinski definition) is 0. The maximum Gasteiger partial charge on any atom is 0.264 e. The molecular formula is C18H20ClN3O2. The van der Waals surface area contributed by atoms with Gasteiger partial charge in [0, 0.05) is 29.7 Å². The quantitative estimate of drug-likeness (QED) is 0.853. The zero-order valence-corrected chi connectivity index (χ0v) is 14.8. The highest BCUT2D eigenvalue weighted by atomic mass is 35.5. The van der Waals surface area contributed by atoms with Crippen molar-refractivity contribution in [2.24, 2.45) is 0 Å². The molecule has 0 fully saturated rings. The number of aryl methyl sites for hydroxylation is 2. The highest BCUT2D eigenvalue weighted by molar-refractivity contribution is 6.30. The summed E-state index contributed by atoms with van der Waals surface area (Å²) >= 11 is 5.95. The van der Waals surface area contributed by atoms with E-state index < -0.39 is 6.10 Å². The van der Waals surface area contributed by atoms with Crippen molar-refractivity contribution in [1.29, 1.82) is 0 Å². The van der Waals surface area contributed by atoms with Gasteiger partial charge in [0.25, 0.3) is 5.91 Å². The standard InChI is InChI=1S/C18H20ClN3O2/c1-4-17-20-8-13-9-22(10-15(13)21-17)18(23)12(3)24-16-6-5-14(19)7-11(16)2/h5-8,12H,4,9-10H2,1-3H3/t12-/m0/s1. The van der Waals surface area contributed by atoms with Gasteiger partial charge in [-0.3, -0.25) is 4.79 Å². The van der Waals surface area contributed by atoms with Crippen LogP contribution in [0.4, 0.5) is 0 Å². The van der Waals surface area contributed by atoms with Crippen LogP contribution >= 0.6 is 11.6 Å².